The molecule has 0 saturated carbocycles. The Morgan fingerprint density at radius 1 is 1.19 bits per heavy atom. The van der Waals surface area contributed by atoms with E-state index in [-0.39, 0.29) is 5.82 Å². The van der Waals surface area contributed by atoms with E-state index in [4.69, 9.17) is 0 Å². The van der Waals surface area contributed by atoms with Crippen LogP contribution in [0.25, 0.3) is 0 Å². The van der Waals surface area contributed by atoms with Crippen LogP contribution < -0.4 is 10.2 Å². The molecule has 0 aliphatic rings. The molecule has 0 aliphatic carbocycles. The molecule has 5 heteroatoms. The van der Waals surface area contributed by atoms with Crippen molar-refractivity contribution in [3.63, 3.8) is 0 Å². The zero-order valence-electron chi connectivity index (χ0n) is 12.2. The Bertz CT molecular complexity index is 602. The van der Waals surface area contributed by atoms with Gasteiger partial charge in [0.25, 0.3) is 0 Å². The number of benzene rings is 1. The number of para-hydroxylation sites is 1. The van der Waals surface area contributed by atoms with E-state index in [9.17, 15) is 8.78 Å². The van der Waals surface area contributed by atoms with Crippen LogP contribution in [-0.4, -0.2) is 18.1 Å². The lowest BCUT2D eigenvalue weighted by Crippen LogP contribution is -2.22. The molecule has 112 valence electrons. The maximum absolute atomic E-state index is 14.0. The van der Waals surface area contributed by atoms with Gasteiger partial charge in [0.1, 0.15) is 17.5 Å². The van der Waals surface area contributed by atoms with Crippen molar-refractivity contribution in [3.8, 4) is 0 Å². The minimum atomic E-state index is -0.392. The molecule has 0 bridgehead atoms. The van der Waals surface area contributed by atoms with E-state index in [0.717, 1.165) is 12.7 Å². The molecule has 0 amide bonds. The highest BCUT2D eigenvalue weighted by Gasteiger charge is 2.16. The van der Waals surface area contributed by atoms with Gasteiger partial charge in [-0.1, -0.05) is 19.1 Å². The van der Waals surface area contributed by atoms with Crippen molar-refractivity contribution in [3.05, 3.63) is 53.7 Å². The predicted molar refractivity (Wildman–Crippen MR) is 80.7 cm³/mol. The molecule has 1 N–H and O–H groups in total. The lowest BCUT2D eigenvalue weighted by molar-refractivity contribution is 0.611. The molecular formula is C16H19F2N3. The van der Waals surface area contributed by atoms with Gasteiger partial charge >= 0.3 is 0 Å². The van der Waals surface area contributed by atoms with Crippen molar-refractivity contribution >= 4 is 11.5 Å². The molecule has 1 heterocycles. The Hall–Kier alpha value is -2.01. The Morgan fingerprint density at radius 3 is 2.62 bits per heavy atom. The minimum Gasteiger partial charge on any atom is -0.324 e. The van der Waals surface area contributed by atoms with Gasteiger partial charge in [-0.15, -0.1) is 0 Å². The number of anilines is 2. The summed E-state index contributed by atoms with van der Waals surface area (Å²) in [4.78, 5) is 5.92. The van der Waals surface area contributed by atoms with Crippen LogP contribution in [0, 0.1) is 11.6 Å². The highest BCUT2D eigenvalue weighted by atomic mass is 19.1. The van der Waals surface area contributed by atoms with Crippen LogP contribution in [0.4, 0.5) is 20.3 Å². The third-order valence-corrected chi connectivity index (χ3v) is 3.19. The first-order valence-electron chi connectivity index (χ1n) is 7.04. The van der Waals surface area contributed by atoms with Crippen LogP contribution in [0.1, 0.15) is 19.4 Å². The van der Waals surface area contributed by atoms with E-state index < -0.39 is 5.82 Å². The predicted octanol–water partition coefficient (Wildman–Crippen LogP) is 3.63. The van der Waals surface area contributed by atoms with Gasteiger partial charge < -0.3 is 10.2 Å². The first-order valence-corrected chi connectivity index (χ1v) is 7.04. The third kappa shape index (κ3) is 3.55. The molecule has 0 radical (unpaired) electrons. The summed E-state index contributed by atoms with van der Waals surface area (Å²) < 4.78 is 27.5. The molecule has 3 nitrogen and oxygen atoms in total. The van der Waals surface area contributed by atoms with Crippen LogP contribution in [-0.2, 0) is 6.54 Å². The molecule has 0 saturated heterocycles. The van der Waals surface area contributed by atoms with Crippen molar-refractivity contribution in [1.82, 2.24) is 10.3 Å². The second-order valence-electron chi connectivity index (χ2n) is 4.61. The smallest absolute Gasteiger partial charge is 0.146 e. The summed E-state index contributed by atoms with van der Waals surface area (Å²) in [6, 6.07) is 7.96. The van der Waals surface area contributed by atoms with Gasteiger partial charge in [0.15, 0.2) is 0 Å². The van der Waals surface area contributed by atoms with E-state index in [1.807, 2.05) is 13.8 Å². The van der Waals surface area contributed by atoms with Gasteiger partial charge in [0.2, 0.25) is 0 Å². The Labute approximate surface area is 123 Å². The van der Waals surface area contributed by atoms with Crippen LogP contribution >= 0.6 is 0 Å². The summed E-state index contributed by atoms with van der Waals surface area (Å²) in [7, 11) is 0. The first kappa shape index (κ1) is 15.4. The fourth-order valence-corrected chi connectivity index (χ4v) is 2.21. The van der Waals surface area contributed by atoms with Crippen LogP contribution in [0.5, 0.6) is 0 Å². The van der Waals surface area contributed by atoms with Crippen molar-refractivity contribution in [2.24, 2.45) is 0 Å². The lowest BCUT2D eigenvalue weighted by Gasteiger charge is -2.25. The van der Waals surface area contributed by atoms with E-state index in [1.54, 1.807) is 23.1 Å². The molecule has 1 aromatic carbocycles. The zero-order valence-corrected chi connectivity index (χ0v) is 12.2. The normalized spacial score (nSPS) is 10.7. The Balaban J connectivity index is 2.44. The van der Waals surface area contributed by atoms with E-state index >= 15 is 0 Å². The van der Waals surface area contributed by atoms with Crippen molar-refractivity contribution in [2.45, 2.75) is 20.4 Å². The quantitative estimate of drug-likeness (QED) is 0.881. The summed E-state index contributed by atoms with van der Waals surface area (Å²) in [6.07, 6.45) is 1.16. The first-order chi connectivity index (χ1) is 10.2. The van der Waals surface area contributed by atoms with Gasteiger partial charge in [-0.25, -0.2) is 13.8 Å². The number of hydrogen-bond acceptors (Lipinski definition) is 3. The van der Waals surface area contributed by atoms with Crippen LogP contribution in [0.15, 0.2) is 36.5 Å². The summed E-state index contributed by atoms with van der Waals surface area (Å²) >= 11 is 0. The number of nitrogens with zero attached hydrogens (tertiary/aromatic N) is 2. The third-order valence-electron chi connectivity index (χ3n) is 3.19. The summed E-state index contributed by atoms with van der Waals surface area (Å²) in [5, 5.41) is 3.15. The van der Waals surface area contributed by atoms with Gasteiger partial charge in [0, 0.05) is 18.7 Å². The monoisotopic (exact) mass is 291 g/mol. The molecular weight excluding hydrogens is 272 g/mol. The number of rotatable bonds is 6. The fourth-order valence-electron chi connectivity index (χ4n) is 2.21. The second kappa shape index (κ2) is 7.13. The highest BCUT2D eigenvalue weighted by Crippen LogP contribution is 2.28. The van der Waals surface area contributed by atoms with E-state index in [2.05, 4.69) is 10.3 Å². The fraction of sp³-hybridized carbons (Fsp3) is 0.312. The van der Waals surface area contributed by atoms with Crippen molar-refractivity contribution < 1.29 is 8.78 Å². The lowest BCUT2D eigenvalue weighted by atomic mass is 10.2. The number of nitrogens with one attached hydrogen (secondary N) is 1. The molecule has 0 atom stereocenters. The van der Waals surface area contributed by atoms with Crippen LogP contribution in [0.2, 0.25) is 0 Å². The van der Waals surface area contributed by atoms with Crippen molar-refractivity contribution in [2.75, 3.05) is 18.0 Å². The molecule has 2 rings (SSSR count). The maximum atomic E-state index is 14.0. The van der Waals surface area contributed by atoms with Gasteiger partial charge in [-0.2, -0.15) is 0 Å². The molecule has 1 aromatic heterocycles. The van der Waals surface area contributed by atoms with Crippen LogP contribution in [0.3, 0.4) is 0 Å². The number of pyridine rings is 1. The summed E-state index contributed by atoms with van der Waals surface area (Å²) in [5.41, 5.74) is 1.15. The van der Waals surface area contributed by atoms with Gasteiger partial charge in [0.05, 0.1) is 11.9 Å². The maximum Gasteiger partial charge on any atom is 0.146 e. The summed E-state index contributed by atoms with van der Waals surface area (Å²) in [5.74, 6) is -0.138. The molecule has 0 aliphatic heterocycles. The topological polar surface area (TPSA) is 28.2 Å². The SMILES string of the molecule is CCNCc1cc(F)cnc1N(CC)c1ccccc1F. The minimum absolute atomic E-state index is 0.320. The second-order valence-corrected chi connectivity index (χ2v) is 4.61. The molecule has 0 fully saturated rings. The van der Waals surface area contributed by atoms with E-state index in [0.29, 0.717) is 30.2 Å². The van der Waals surface area contributed by atoms with E-state index in [1.165, 1.54) is 12.1 Å². The Kier molecular flexibility index (Phi) is 5.22. The molecule has 0 unspecified atom stereocenters. The highest BCUT2D eigenvalue weighted by molar-refractivity contribution is 5.63. The molecule has 2 aromatic rings. The van der Waals surface area contributed by atoms with Gasteiger partial charge in [-0.05, 0) is 31.7 Å². The number of halogens is 2. The molecule has 21 heavy (non-hydrogen) atoms. The standard InChI is InChI=1S/C16H19F2N3/c1-3-19-10-12-9-13(17)11-20-16(12)21(4-2)15-8-6-5-7-14(15)18/h5-9,11,19H,3-4,10H2,1-2H3. The average molecular weight is 291 g/mol. The number of hydrogen-bond donors (Lipinski definition) is 1. The van der Waals surface area contributed by atoms with Gasteiger partial charge in [-0.3, -0.25) is 0 Å². The summed E-state index contributed by atoms with van der Waals surface area (Å²) in [6.45, 7) is 5.68. The largest absolute Gasteiger partial charge is 0.324 e. The van der Waals surface area contributed by atoms with Crippen molar-refractivity contribution in [1.29, 1.82) is 0 Å². The molecule has 0 spiro atoms. The Morgan fingerprint density at radius 2 is 1.95 bits per heavy atom. The average Bonchev–Trinajstić information content (AvgIpc) is 2.49. The number of aromatic nitrogens is 1. The zero-order chi connectivity index (χ0) is 15.2.